The van der Waals surface area contributed by atoms with Gasteiger partial charge in [-0.3, -0.25) is 0 Å². The van der Waals surface area contributed by atoms with Crippen LogP contribution in [0.4, 0.5) is 10.1 Å². The zero-order valence-electron chi connectivity index (χ0n) is 17.9. The summed E-state index contributed by atoms with van der Waals surface area (Å²) in [6.07, 6.45) is 3.20. The molecule has 3 heterocycles. The second-order valence-electron chi connectivity index (χ2n) is 8.74. The molecule has 1 N–H and O–H groups in total. The van der Waals surface area contributed by atoms with Gasteiger partial charge in [0.1, 0.15) is 5.82 Å². The van der Waals surface area contributed by atoms with Crippen molar-refractivity contribution in [3.63, 3.8) is 0 Å². The third-order valence-electron chi connectivity index (χ3n) is 6.82. The first kappa shape index (κ1) is 20.3. The summed E-state index contributed by atoms with van der Waals surface area (Å²) in [5.41, 5.74) is 5.16. The van der Waals surface area contributed by atoms with Gasteiger partial charge in [0, 0.05) is 25.0 Å². The van der Waals surface area contributed by atoms with Gasteiger partial charge in [0.15, 0.2) is 0 Å². The molecule has 1 spiro atoms. The van der Waals surface area contributed by atoms with E-state index in [1.807, 2.05) is 39.1 Å². The second kappa shape index (κ2) is 6.93. The maximum atomic E-state index is 13.9. The molecular weight excluding hydrogens is 413 g/mol. The largest absolute Gasteiger partial charge is 0.372 e. The molecule has 1 fully saturated rings. The van der Waals surface area contributed by atoms with Crippen LogP contribution in [-0.4, -0.2) is 30.4 Å². The number of anilines is 1. The summed E-state index contributed by atoms with van der Waals surface area (Å²) in [6.45, 7) is 6.59. The molecule has 0 atom stereocenters. The summed E-state index contributed by atoms with van der Waals surface area (Å²) >= 11 is 0. The lowest BCUT2D eigenvalue weighted by molar-refractivity contribution is 0.247. The van der Waals surface area contributed by atoms with Gasteiger partial charge in [-0.1, -0.05) is 6.07 Å². The van der Waals surface area contributed by atoms with E-state index >= 15 is 0 Å². The molecule has 5 rings (SSSR count). The minimum Gasteiger partial charge on any atom is -0.372 e. The van der Waals surface area contributed by atoms with Crippen molar-refractivity contribution >= 4 is 15.7 Å². The van der Waals surface area contributed by atoms with Gasteiger partial charge in [0.25, 0.3) is 0 Å². The van der Waals surface area contributed by atoms with Crippen LogP contribution in [0.5, 0.6) is 0 Å². The van der Waals surface area contributed by atoms with Crippen LogP contribution in [0.1, 0.15) is 35.2 Å². The number of aromatic nitrogens is 1. The van der Waals surface area contributed by atoms with Crippen LogP contribution in [0, 0.1) is 26.6 Å². The Kier molecular flexibility index (Phi) is 4.53. The molecule has 0 unspecified atom stereocenters. The third kappa shape index (κ3) is 3.10. The molecule has 31 heavy (non-hydrogen) atoms. The molecule has 1 aromatic heterocycles. The first-order valence-electron chi connectivity index (χ1n) is 10.6. The molecule has 0 aliphatic carbocycles. The first-order chi connectivity index (χ1) is 14.7. The van der Waals surface area contributed by atoms with Crippen LogP contribution in [0.15, 0.2) is 53.6 Å². The average molecular weight is 440 g/mol. The van der Waals surface area contributed by atoms with Crippen LogP contribution < -0.4 is 5.32 Å². The Morgan fingerprint density at radius 1 is 0.968 bits per heavy atom. The summed E-state index contributed by atoms with van der Waals surface area (Å²) < 4.78 is 44.5. The Bertz CT molecular complexity index is 1290. The number of hydrogen-bond donors (Lipinski definition) is 1. The SMILES string of the molecule is Cc1cc(C)c(S(=O)(=O)N2CCC3(CC2)Nc2cc(F)ccc2-n2cccc23)cc1C. The third-order valence-corrected chi connectivity index (χ3v) is 8.86. The van der Waals surface area contributed by atoms with Gasteiger partial charge in [-0.15, -0.1) is 0 Å². The Morgan fingerprint density at radius 3 is 2.42 bits per heavy atom. The first-order valence-corrected chi connectivity index (χ1v) is 12.0. The highest BCUT2D eigenvalue weighted by Crippen LogP contribution is 2.44. The molecule has 2 aliphatic rings. The van der Waals surface area contributed by atoms with E-state index in [1.54, 1.807) is 16.4 Å². The highest BCUT2D eigenvalue weighted by atomic mass is 32.2. The molecule has 0 saturated carbocycles. The van der Waals surface area contributed by atoms with E-state index in [1.165, 1.54) is 12.1 Å². The van der Waals surface area contributed by atoms with Crippen LogP contribution in [-0.2, 0) is 15.6 Å². The van der Waals surface area contributed by atoms with Gasteiger partial charge in [0.2, 0.25) is 10.0 Å². The number of aryl methyl sites for hydroxylation is 3. The van der Waals surface area contributed by atoms with Crippen LogP contribution in [0.3, 0.4) is 0 Å². The van der Waals surface area contributed by atoms with Crippen molar-refractivity contribution in [2.75, 3.05) is 18.4 Å². The maximum Gasteiger partial charge on any atom is 0.243 e. The number of rotatable bonds is 2. The number of nitrogens with one attached hydrogen (secondary N) is 1. The number of piperidine rings is 1. The molecule has 5 nitrogen and oxygen atoms in total. The molecule has 0 radical (unpaired) electrons. The van der Waals surface area contributed by atoms with Gasteiger partial charge < -0.3 is 9.88 Å². The fourth-order valence-electron chi connectivity index (χ4n) is 4.96. The number of benzene rings is 2. The van der Waals surface area contributed by atoms with Crippen molar-refractivity contribution in [2.24, 2.45) is 0 Å². The standard InChI is InChI=1S/C24H26FN3O2S/c1-16-13-18(3)22(14-17(16)2)31(29,30)27-11-8-24(9-12-27)23-5-4-10-28(23)21-7-6-19(25)15-20(21)26-24/h4-7,10,13-15,26H,8-9,11-12H2,1-3H3. The molecule has 7 heteroatoms. The quantitative estimate of drug-likeness (QED) is 0.633. The fourth-order valence-corrected chi connectivity index (χ4v) is 6.69. The summed E-state index contributed by atoms with van der Waals surface area (Å²) in [6, 6.07) is 12.5. The maximum absolute atomic E-state index is 13.9. The molecule has 2 aromatic carbocycles. The second-order valence-corrected chi connectivity index (χ2v) is 10.6. The highest BCUT2D eigenvalue weighted by molar-refractivity contribution is 7.89. The van der Waals surface area contributed by atoms with Gasteiger partial charge in [0.05, 0.1) is 21.8 Å². The van der Waals surface area contributed by atoms with Gasteiger partial charge >= 0.3 is 0 Å². The van der Waals surface area contributed by atoms with E-state index in [-0.39, 0.29) is 5.82 Å². The zero-order valence-corrected chi connectivity index (χ0v) is 18.8. The average Bonchev–Trinajstić information content (AvgIpc) is 3.22. The minimum atomic E-state index is -3.58. The zero-order chi connectivity index (χ0) is 22.0. The summed E-state index contributed by atoms with van der Waals surface area (Å²) in [7, 11) is -3.58. The van der Waals surface area contributed by atoms with Crippen molar-refractivity contribution < 1.29 is 12.8 Å². The lowest BCUT2D eigenvalue weighted by Gasteiger charge is -2.46. The summed E-state index contributed by atoms with van der Waals surface area (Å²) in [5, 5.41) is 3.55. The number of sulfonamides is 1. The molecule has 162 valence electrons. The van der Waals surface area contributed by atoms with Crippen LogP contribution in [0.25, 0.3) is 5.69 Å². The van der Waals surface area contributed by atoms with Gasteiger partial charge in [-0.25, -0.2) is 12.8 Å². The molecule has 0 amide bonds. The predicted octanol–water partition coefficient (Wildman–Crippen LogP) is 4.65. The van der Waals surface area contributed by atoms with Crippen molar-refractivity contribution in [3.8, 4) is 5.69 Å². The number of fused-ring (bicyclic) bond motifs is 4. The Labute approximate surface area is 182 Å². The number of halogens is 1. The van der Waals surface area contributed by atoms with E-state index < -0.39 is 15.6 Å². The van der Waals surface area contributed by atoms with E-state index in [0.717, 1.165) is 33.8 Å². The smallest absolute Gasteiger partial charge is 0.243 e. The highest BCUT2D eigenvalue weighted by Gasteiger charge is 2.44. The number of hydrogen-bond acceptors (Lipinski definition) is 3. The van der Waals surface area contributed by atoms with E-state index in [9.17, 15) is 12.8 Å². The normalized spacial score (nSPS) is 17.8. The lowest BCUT2D eigenvalue weighted by atomic mass is 9.83. The van der Waals surface area contributed by atoms with Crippen LogP contribution in [0.2, 0.25) is 0 Å². The van der Waals surface area contributed by atoms with Crippen molar-refractivity contribution in [1.29, 1.82) is 0 Å². The van der Waals surface area contributed by atoms with Gasteiger partial charge in [-0.05, 0) is 86.7 Å². The monoisotopic (exact) mass is 439 g/mol. The Balaban J connectivity index is 1.46. The minimum absolute atomic E-state index is 0.290. The Hall–Kier alpha value is -2.64. The lowest BCUT2D eigenvalue weighted by Crippen LogP contribution is -2.51. The van der Waals surface area contributed by atoms with E-state index in [0.29, 0.717) is 30.8 Å². The summed E-state index contributed by atoms with van der Waals surface area (Å²) in [4.78, 5) is 0.388. The fraction of sp³-hybridized carbons (Fsp3) is 0.333. The van der Waals surface area contributed by atoms with E-state index in [4.69, 9.17) is 0 Å². The number of nitrogens with zero attached hydrogens (tertiary/aromatic N) is 2. The molecular formula is C24H26FN3O2S. The predicted molar refractivity (Wildman–Crippen MR) is 120 cm³/mol. The summed E-state index contributed by atoms with van der Waals surface area (Å²) in [5.74, 6) is -0.290. The van der Waals surface area contributed by atoms with Crippen molar-refractivity contribution in [2.45, 2.75) is 44.0 Å². The topological polar surface area (TPSA) is 54.3 Å². The molecule has 1 saturated heterocycles. The molecule has 3 aromatic rings. The molecule has 2 aliphatic heterocycles. The van der Waals surface area contributed by atoms with Crippen molar-refractivity contribution in [3.05, 3.63) is 76.9 Å². The van der Waals surface area contributed by atoms with E-state index in [2.05, 4.69) is 16.0 Å². The Morgan fingerprint density at radius 2 is 1.68 bits per heavy atom. The van der Waals surface area contributed by atoms with Gasteiger partial charge in [-0.2, -0.15) is 4.31 Å². The molecule has 0 bridgehead atoms. The van der Waals surface area contributed by atoms with Crippen LogP contribution >= 0.6 is 0 Å². The van der Waals surface area contributed by atoms with Crippen molar-refractivity contribution in [1.82, 2.24) is 8.87 Å².